The third kappa shape index (κ3) is 2.20. The van der Waals surface area contributed by atoms with Crippen LogP contribution in [0.3, 0.4) is 0 Å². The highest BCUT2D eigenvalue weighted by Crippen LogP contribution is 2.34. The summed E-state index contributed by atoms with van der Waals surface area (Å²) in [6.45, 7) is 2.46. The summed E-state index contributed by atoms with van der Waals surface area (Å²) in [7, 11) is 0. The van der Waals surface area contributed by atoms with Gasteiger partial charge in [0.1, 0.15) is 5.75 Å². The molecule has 90 valence electrons. The zero-order valence-electron chi connectivity index (χ0n) is 9.38. The van der Waals surface area contributed by atoms with Gasteiger partial charge in [-0.15, -0.1) is 0 Å². The number of fused-ring (bicyclic) bond motifs is 1. The minimum Gasteiger partial charge on any atom is -0.491 e. The fourth-order valence-corrected chi connectivity index (χ4v) is 1.80. The molecule has 1 aromatic rings. The normalized spacial score (nSPS) is 14.5. The zero-order valence-corrected chi connectivity index (χ0v) is 9.38. The highest BCUT2D eigenvalue weighted by molar-refractivity contribution is 5.93. The van der Waals surface area contributed by atoms with Crippen LogP contribution in [-0.4, -0.2) is 24.0 Å². The lowest BCUT2D eigenvalue weighted by atomic mass is 10.2. The second-order valence-corrected chi connectivity index (χ2v) is 3.78. The van der Waals surface area contributed by atoms with Gasteiger partial charge < -0.3 is 9.64 Å². The lowest BCUT2D eigenvalue weighted by Gasteiger charge is -2.19. The Kier molecular flexibility index (Phi) is 2.95. The summed E-state index contributed by atoms with van der Waals surface area (Å²) in [5.74, 6) is 0.376. The van der Waals surface area contributed by atoms with E-state index in [0.717, 1.165) is 0 Å². The number of carbonyl (C=O) groups is 1. The summed E-state index contributed by atoms with van der Waals surface area (Å²) < 4.78 is 5.45. The van der Waals surface area contributed by atoms with Gasteiger partial charge in [0, 0.05) is 25.6 Å². The maximum absolute atomic E-state index is 11.5. The Labute approximate surface area is 97.9 Å². The number of benzene rings is 1. The highest BCUT2D eigenvalue weighted by Gasteiger charge is 2.22. The van der Waals surface area contributed by atoms with Gasteiger partial charge in [0.25, 0.3) is 5.69 Å². The van der Waals surface area contributed by atoms with E-state index in [-0.39, 0.29) is 11.6 Å². The second kappa shape index (κ2) is 4.40. The van der Waals surface area contributed by atoms with Crippen LogP contribution < -0.4 is 9.64 Å². The summed E-state index contributed by atoms with van der Waals surface area (Å²) >= 11 is 0. The van der Waals surface area contributed by atoms with Gasteiger partial charge in [-0.05, 0) is 12.5 Å². The predicted octanol–water partition coefficient (Wildman–Crippen LogP) is 1.73. The molecule has 0 saturated carbocycles. The van der Waals surface area contributed by atoms with Crippen LogP contribution in [0.1, 0.15) is 13.3 Å². The Morgan fingerprint density at radius 2 is 2.29 bits per heavy atom. The molecular weight excluding hydrogens is 224 g/mol. The summed E-state index contributed by atoms with van der Waals surface area (Å²) in [5, 5.41) is 10.7. The van der Waals surface area contributed by atoms with Crippen molar-refractivity contribution in [3.63, 3.8) is 0 Å². The van der Waals surface area contributed by atoms with Crippen molar-refractivity contribution in [3.05, 3.63) is 28.3 Å². The molecule has 6 heteroatoms. The number of nitro benzene ring substituents is 1. The van der Waals surface area contributed by atoms with Gasteiger partial charge in [0.15, 0.2) is 0 Å². The van der Waals surface area contributed by atoms with Gasteiger partial charge in [0.2, 0.25) is 5.91 Å². The van der Waals surface area contributed by atoms with Crippen molar-refractivity contribution in [2.24, 2.45) is 0 Å². The molecule has 0 unspecified atom stereocenters. The van der Waals surface area contributed by atoms with Crippen molar-refractivity contribution < 1.29 is 14.5 Å². The number of carbonyl (C=O) groups excluding carboxylic acids is 1. The van der Waals surface area contributed by atoms with E-state index in [1.807, 2.05) is 0 Å². The number of hydrogen-bond donors (Lipinski definition) is 0. The number of rotatable bonds is 1. The Balaban J connectivity index is 2.49. The fourth-order valence-electron chi connectivity index (χ4n) is 1.80. The molecule has 1 aliphatic heterocycles. The molecule has 0 aromatic heterocycles. The number of nitro groups is 1. The first-order valence-corrected chi connectivity index (χ1v) is 5.29. The van der Waals surface area contributed by atoms with Gasteiger partial charge in [0.05, 0.1) is 17.2 Å². The molecule has 0 atom stereocenters. The van der Waals surface area contributed by atoms with Crippen LogP contribution in [0.15, 0.2) is 18.2 Å². The number of non-ortho nitro benzene ring substituents is 1. The van der Waals surface area contributed by atoms with E-state index in [0.29, 0.717) is 31.0 Å². The van der Waals surface area contributed by atoms with Crippen molar-refractivity contribution >= 4 is 17.3 Å². The number of nitrogens with zero attached hydrogens (tertiary/aromatic N) is 2. The smallest absolute Gasteiger partial charge is 0.271 e. The molecule has 0 fully saturated rings. The summed E-state index contributed by atoms with van der Waals surface area (Å²) in [4.78, 5) is 23.2. The van der Waals surface area contributed by atoms with Crippen molar-refractivity contribution in [1.29, 1.82) is 0 Å². The first kappa shape index (κ1) is 11.4. The third-order valence-electron chi connectivity index (χ3n) is 2.61. The lowest BCUT2D eigenvalue weighted by Crippen LogP contribution is -2.28. The van der Waals surface area contributed by atoms with Gasteiger partial charge in [-0.2, -0.15) is 0 Å². The van der Waals surface area contributed by atoms with Crippen molar-refractivity contribution in [1.82, 2.24) is 0 Å². The molecular formula is C11H12N2O4. The SMILES string of the molecule is CC(=O)N1CCCOc2ccc([N+](=O)[O-])cc21. The molecule has 0 saturated heterocycles. The van der Waals surface area contributed by atoms with Crippen LogP contribution in [0.25, 0.3) is 0 Å². The molecule has 0 N–H and O–H groups in total. The molecule has 1 heterocycles. The number of amides is 1. The maximum Gasteiger partial charge on any atom is 0.271 e. The van der Waals surface area contributed by atoms with Crippen LogP contribution in [0.4, 0.5) is 11.4 Å². The first-order chi connectivity index (χ1) is 8.09. The van der Waals surface area contributed by atoms with Crippen LogP contribution in [0, 0.1) is 10.1 Å². The van der Waals surface area contributed by atoms with Gasteiger partial charge in [-0.1, -0.05) is 0 Å². The fraction of sp³-hybridized carbons (Fsp3) is 0.364. The number of anilines is 1. The maximum atomic E-state index is 11.5. The van der Waals surface area contributed by atoms with Crippen molar-refractivity contribution in [2.45, 2.75) is 13.3 Å². The summed E-state index contributed by atoms with van der Waals surface area (Å²) in [6, 6.07) is 4.29. The van der Waals surface area contributed by atoms with E-state index in [1.165, 1.54) is 30.0 Å². The van der Waals surface area contributed by atoms with E-state index < -0.39 is 4.92 Å². The quantitative estimate of drug-likeness (QED) is 0.549. The predicted molar refractivity (Wildman–Crippen MR) is 61.2 cm³/mol. The van der Waals surface area contributed by atoms with Gasteiger partial charge in [-0.25, -0.2) is 0 Å². The van der Waals surface area contributed by atoms with Gasteiger partial charge in [-0.3, -0.25) is 14.9 Å². The molecule has 0 bridgehead atoms. The van der Waals surface area contributed by atoms with E-state index in [9.17, 15) is 14.9 Å². The monoisotopic (exact) mass is 236 g/mol. The van der Waals surface area contributed by atoms with Crippen molar-refractivity contribution in [3.8, 4) is 5.75 Å². The van der Waals surface area contributed by atoms with Crippen LogP contribution in [0.2, 0.25) is 0 Å². The lowest BCUT2D eigenvalue weighted by molar-refractivity contribution is -0.384. The van der Waals surface area contributed by atoms with Gasteiger partial charge >= 0.3 is 0 Å². The van der Waals surface area contributed by atoms with Crippen LogP contribution in [-0.2, 0) is 4.79 Å². The molecule has 0 aliphatic carbocycles. The standard InChI is InChI=1S/C11H12N2O4/c1-8(14)12-5-2-6-17-11-4-3-9(13(15)16)7-10(11)12/h3-4,7H,2,5-6H2,1H3. The van der Waals surface area contributed by atoms with Crippen LogP contribution in [0.5, 0.6) is 5.75 Å². The van der Waals surface area contributed by atoms with E-state index in [1.54, 1.807) is 0 Å². The Morgan fingerprint density at radius 3 is 2.94 bits per heavy atom. The molecule has 1 aliphatic rings. The number of hydrogen-bond acceptors (Lipinski definition) is 4. The molecule has 6 nitrogen and oxygen atoms in total. The van der Waals surface area contributed by atoms with E-state index in [4.69, 9.17) is 4.74 Å². The summed E-state index contributed by atoms with van der Waals surface area (Å²) in [6.07, 6.45) is 0.710. The molecule has 1 amide bonds. The first-order valence-electron chi connectivity index (χ1n) is 5.29. The average molecular weight is 236 g/mol. The summed E-state index contributed by atoms with van der Waals surface area (Å²) in [5.41, 5.74) is 0.435. The zero-order chi connectivity index (χ0) is 12.4. The molecule has 2 rings (SSSR count). The topological polar surface area (TPSA) is 72.7 Å². The molecule has 1 aromatic carbocycles. The van der Waals surface area contributed by atoms with E-state index in [2.05, 4.69) is 0 Å². The van der Waals surface area contributed by atoms with Crippen molar-refractivity contribution in [2.75, 3.05) is 18.1 Å². The third-order valence-corrected chi connectivity index (χ3v) is 2.61. The minimum absolute atomic E-state index is 0.0412. The Bertz CT molecular complexity index is 473. The number of ether oxygens (including phenoxy) is 1. The highest BCUT2D eigenvalue weighted by atomic mass is 16.6. The average Bonchev–Trinajstić information content (AvgIpc) is 2.49. The minimum atomic E-state index is -0.483. The van der Waals surface area contributed by atoms with E-state index >= 15 is 0 Å². The molecule has 0 radical (unpaired) electrons. The molecule has 17 heavy (non-hydrogen) atoms. The largest absolute Gasteiger partial charge is 0.491 e. The Morgan fingerprint density at radius 1 is 1.53 bits per heavy atom. The Hall–Kier alpha value is -2.11. The second-order valence-electron chi connectivity index (χ2n) is 3.78. The molecule has 0 spiro atoms. The van der Waals surface area contributed by atoms with Crippen LogP contribution >= 0.6 is 0 Å².